The lowest BCUT2D eigenvalue weighted by atomic mass is 10.2. The lowest BCUT2D eigenvalue weighted by Gasteiger charge is -2.13. The number of nitrogens with zero attached hydrogens (tertiary/aromatic N) is 2. The van der Waals surface area contributed by atoms with Crippen molar-refractivity contribution in [3.05, 3.63) is 47.4 Å². The van der Waals surface area contributed by atoms with Gasteiger partial charge in [0.05, 0.1) is 18.4 Å². The molecule has 0 atom stereocenters. The van der Waals surface area contributed by atoms with Crippen LogP contribution in [-0.4, -0.2) is 23.6 Å². The molecule has 112 valence electrons. The van der Waals surface area contributed by atoms with Crippen molar-refractivity contribution in [1.82, 2.24) is 15.3 Å². The van der Waals surface area contributed by atoms with Crippen LogP contribution >= 0.6 is 0 Å². The average Bonchev–Trinajstić information content (AvgIpc) is 2.52. The molecule has 0 aliphatic rings. The molecule has 2 aromatic rings. The number of rotatable bonds is 7. The number of hydrogen-bond acceptors (Lipinski definition) is 5. The van der Waals surface area contributed by atoms with Crippen LogP contribution in [0.3, 0.4) is 0 Å². The summed E-state index contributed by atoms with van der Waals surface area (Å²) < 4.78 is 11.1. The Hall–Kier alpha value is -2.14. The summed E-state index contributed by atoms with van der Waals surface area (Å²) in [6, 6.07) is 7.72. The van der Waals surface area contributed by atoms with Crippen molar-refractivity contribution in [3.8, 4) is 11.6 Å². The number of hydrogen-bond donors (Lipinski definition) is 1. The van der Waals surface area contributed by atoms with Gasteiger partial charge in [0, 0.05) is 18.4 Å². The van der Waals surface area contributed by atoms with Crippen molar-refractivity contribution < 1.29 is 9.47 Å². The third kappa shape index (κ3) is 4.16. The molecule has 0 amide bonds. The largest absolute Gasteiger partial charge is 0.487 e. The van der Waals surface area contributed by atoms with E-state index in [0.717, 1.165) is 29.2 Å². The molecule has 0 aliphatic heterocycles. The van der Waals surface area contributed by atoms with Crippen molar-refractivity contribution in [1.29, 1.82) is 0 Å². The maximum Gasteiger partial charge on any atom is 0.219 e. The van der Waals surface area contributed by atoms with Gasteiger partial charge in [-0.05, 0) is 37.7 Å². The van der Waals surface area contributed by atoms with E-state index in [0.29, 0.717) is 19.0 Å². The average molecular weight is 287 g/mol. The van der Waals surface area contributed by atoms with E-state index < -0.39 is 0 Å². The Kier molecular flexibility index (Phi) is 5.51. The van der Waals surface area contributed by atoms with Crippen LogP contribution in [0.25, 0.3) is 0 Å². The van der Waals surface area contributed by atoms with Gasteiger partial charge in [0.25, 0.3) is 0 Å². The Balaban J connectivity index is 2.12. The summed E-state index contributed by atoms with van der Waals surface area (Å²) >= 11 is 0. The second-order valence-corrected chi connectivity index (χ2v) is 4.64. The fraction of sp³-hybridized carbons (Fsp3) is 0.375. The molecule has 0 saturated heterocycles. The van der Waals surface area contributed by atoms with E-state index >= 15 is 0 Å². The fourth-order valence-electron chi connectivity index (χ4n) is 1.97. The van der Waals surface area contributed by atoms with Crippen LogP contribution in [-0.2, 0) is 13.2 Å². The van der Waals surface area contributed by atoms with Crippen LogP contribution in [0.2, 0.25) is 0 Å². The first-order valence-corrected chi connectivity index (χ1v) is 7.02. The standard InChI is InChI=1S/C16H21N3O2/c1-4-17-10-14-15(8-7-12(2)19-14)21-11-13-6-5-9-18-16(13)20-3/h5-9,17H,4,10-11H2,1-3H3. The molecule has 5 nitrogen and oxygen atoms in total. The molecule has 0 aliphatic carbocycles. The van der Waals surface area contributed by atoms with Crippen LogP contribution in [0.5, 0.6) is 11.6 Å². The summed E-state index contributed by atoms with van der Waals surface area (Å²) in [6.45, 7) is 6.03. The van der Waals surface area contributed by atoms with Gasteiger partial charge in [0.15, 0.2) is 0 Å². The second kappa shape index (κ2) is 7.59. The number of aromatic nitrogens is 2. The molecule has 2 heterocycles. The smallest absolute Gasteiger partial charge is 0.219 e. The summed E-state index contributed by atoms with van der Waals surface area (Å²) in [5.41, 5.74) is 2.81. The van der Waals surface area contributed by atoms with E-state index in [1.165, 1.54) is 0 Å². The predicted molar refractivity (Wildman–Crippen MR) is 81.5 cm³/mol. The number of methoxy groups -OCH3 is 1. The van der Waals surface area contributed by atoms with Gasteiger partial charge < -0.3 is 14.8 Å². The topological polar surface area (TPSA) is 56.3 Å². The van der Waals surface area contributed by atoms with Crippen LogP contribution in [0.1, 0.15) is 23.9 Å². The number of aryl methyl sites for hydroxylation is 1. The first kappa shape index (κ1) is 15.3. The normalized spacial score (nSPS) is 10.4. The Morgan fingerprint density at radius 2 is 2.10 bits per heavy atom. The molecule has 1 N–H and O–H groups in total. The van der Waals surface area contributed by atoms with Gasteiger partial charge in [-0.15, -0.1) is 0 Å². The van der Waals surface area contributed by atoms with E-state index in [9.17, 15) is 0 Å². The van der Waals surface area contributed by atoms with Crippen molar-refractivity contribution in [2.45, 2.75) is 27.0 Å². The van der Waals surface area contributed by atoms with Crippen LogP contribution < -0.4 is 14.8 Å². The maximum atomic E-state index is 5.90. The molecule has 0 bridgehead atoms. The summed E-state index contributed by atoms with van der Waals surface area (Å²) in [5.74, 6) is 1.37. The summed E-state index contributed by atoms with van der Waals surface area (Å²) in [6.07, 6.45) is 1.70. The highest BCUT2D eigenvalue weighted by molar-refractivity contribution is 5.31. The Bertz CT molecular complexity index is 587. The number of ether oxygens (including phenoxy) is 2. The van der Waals surface area contributed by atoms with E-state index in [2.05, 4.69) is 22.2 Å². The van der Waals surface area contributed by atoms with Crippen LogP contribution in [0.4, 0.5) is 0 Å². The highest BCUT2D eigenvalue weighted by Crippen LogP contribution is 2.21. The highest BCUT2D eigenvalue weighted by atomic mass is 16.5. The maximum absolute atomic E-state index is 5.90. The SMILES string of the molecule is CCNCc1nc(C)ccc1OCc1cccnc1OC. The van der Waals surface area contributed by atoms with Gasteiger partial charge >= 0.3 is 0 Å². The second-order valence-electron chi connectivity index (χ2n) is 4.64. The van der Waals surface area contributed by atoms with Gasteiger partial charge in [-0.3, -0.25) is 4.98 Å². The third-order valence-corrected chi connectivity index (χ3v) is 3.04. The Morgan fingerprint density at radius 3 is 2.86 bits per heavy atom. The third-order valence-electron chi connectivity index (χ3n) is 3.04. The summed E-state index contributed by atoms with van der Waals surface area (Å²) in [7, 11) is 1.61. The zero-order valence-electron chi connectivity index (χ0n) is 12.7. The summed E-state index contributed by atoms with van der Waals surface area (Å²) in [5, 5.41) is 3.27. The molecule has 5 heteroatoms. The minimum atomic E-state index is 0.404. The molecule has 0 fully saturated rings. The van der Waals surface area contributed by atoms with E-state index in [1.807, 2.05) is 31.2 Å². The molecule has 0 radical (unpaired) electrons. The molecule has 2 rings (SSSR count). The fourth-order valence-corrected chi connectivity index (χ4v) is 1.97. The molecular formula is C16H21N3O2. The first-order valence-electron chi connectivity index (χ1n) is 7.02. The lowest BCUT2D eigenvalue weighted by molar-refractivity contribution is 0.289. The molecule has 21 heavy (non-hydrogen) atoms. The first-order chi connectivity index (χ1) is 10.2. The molecule has 2 aromatic heterocycles. The number of pyridine rings is 2. The minimum absolute atomic E-state index is 0.404. The monoisotopic (exact) mass is 287 g/mol. The van der Waals surface area contributed by atoms with Crippen LogP contribution in [0.15, 0.2) is 30.5 Å². The van der Waals surface area contributed by atoms with Crippen molar-refractivity contribution in [3.63, 3.8) is 0 Å². The van der Waals surface area contributed by atoms with Gasteiger partial charge in [0.2, 0.25) is 5.88 Å². The van der Waals surface area contributed by atoms with E-state index in [-0.39, 0.29) is 0 Å². The van der Waals surface area contributed by atoms with Crippen LogP contribution in [0, 0.1) is 6.92 Å². The van der Waals surface area contributed by atoms with Crippen molar-refractivity contribution in [2.24, 2.45) is 0 Å². The van der Waals surface area contributed by atoms with Gasteiger partial charge in [-0.2, -0.15) is 0 Å². The zero-order valence-corrected chi connectivity index (χ0v) is 12.7. The summed E-state index contributed by atoms with van der Waals surface area (Å²) in [4.78, 5) is 8.70. The Labute approximate surface area is 125 Å². The zero-order chi connectivity index (χ0) is 15.1. The molecule has 0 saturated carbocycles. The Morgan fingerprint density at radius 1 is 1.24 bits per heavy atom. The molecule has 0 spiro atoms. The molecule has 0 aromatic carbocycles. The molecular weight excluding hydrogens is 266 g/mol. The predicted octanol–water partition coefficient (Wildman–Crippen LogP) is 2.48. The van der Waals surface area contributed by atoms with E-state index in [4.69, 9.17) is 9.47 Å². The van der Waals surface area contributed by atoms with Gasteiger partial charge in [-0.1, -0.05) is 6.92 Å². The minimum Gasteiger partial charge on any atom is -0.487 e. The van der Waals surface area contributed by atoms with Gasteiger partial charge in [0.1, 0.15) is 12.4 Å². The lowest BCUT2D eigenvalue weighted by Crippen LogP contribution is -2.14. The highest BCUT2D eigenvalue weighted by Gasteiger charge is 2.08. The quantitative estimate of drug-likeness (QED) is 0.848. The van der Waals surface area contributed by atoms with E-state index in [1.54, 1.807) is 13.3 Å². The van der Waals surface area contributed by atoms with Gasteiger partial charge in [-0.25, -0.2) is 4.98 Å². The number of nitrogens with one attached hydrogen (secondary N) is 1. The van der Waals surface area contributed by atoms with Crippen molar-refractivity contribution in [2.75, 3.05) is 13.7 Å². The molecule has 0 unspecified atom stereocenters. The van der Waals surface area contributed by atoms with Crippen molar-refractivity contribution >= 4 is 0 Å².